The highest BCUT2D eigenvalue weighted by molar-refractivity contribution is 5.93. The first-order valence-electron chi connectivity index (χ1n) is 12.0. The van der Waals surface area contributed by atoms with E-state index in [2.05, 4.69) is 68.3 Å². The number of benzene rings is 2. The van der Waals surface area contributed by atoms with E-state index in [0.717, 1.165) is 48.9 Å². The average molecular weight is 443 g/mol. The largest absolute Gasteiger partial charge is 0.364 e. The summed E-state index contributed by atoms with van der Waals surface area (Å²) < 4.78 is 0. The molecule has 0 spiro atoms. The van der Waals surface area contributed by atoms with E-state index < -0.39 is 5.91 Å². The third kappa shape index (κ3) is 4.55. The smallest absolute Gasteiger partial charge is 0.267 e. The predicted molar refractivity (Wildman–Crippen MR) is 133 cm³/mol. The molecular weight excluding hydrogens is 408 g/mol. The number of nitrogens with two attached hydrogens (primary N) is 1. The second kappa shape index (κ2) is 9.84. The number of carbonyl (C=O) groups is 1. The Hall–Kier alpha value is -3.05. The van der Waals surface area contributed by atoms with Gasteiger partial charge in [0.05, 0.1) is 0 Å². The van der Waals surface area contributed by atoms with Gasteiger partial charge in [0.1, 0.15) is 5.69 Å². The fourth-order valence-electron chi connectivity index (χ4n) is 5.18. The Bertz CT molecular complexity index is 1150. The van der Waals surface area contributed by atoms with E-state index in [9.17, 15) is 4.79 Å². The maximum atomic E-state index is 12.5. The molecule has 3 aromatic rings. The zero-order valence-corrected chi connectivity index (χ0v) is 20.2. The number of amides is 1. The van der Waals surface area contributed by atoms with Crippen molar-refractivity contribution in [3.63, 3.8) is 0 Å². The second-order valence-corrected chi connectivity index (χ2v) is 9.00. The summed E-state index contributed by atoms with van der Waals surface area (Å²) in [4.78, 5) is 24.5. The molecule has 0 saturated heterocycles. The first-order valence-corrected chi connectivity index (χ1v) is 12.0. The number of hydrogen-bond donors (Lipinski definition) is 1. The van der Waals surface area contributed by atoms with E-state index in [1.54, 1.807) is 0 Å². The molecule has 2 N–H and O–H groups in total. The van der Waals surface area contributed by atoms with Crippen LogP contribution in [0.5, 0.6) is 0 Å². The van der Waals surface area contributed by atoms with E-state index in [4.69, 9.17) is 15.7 Å². The minimum Gasteiger partial charge on any atom is -0.364 e. The molecular formula is C28H34N4O. The van der Waals surface area contributed by atoms with Gasteiger partial charge in [-0.2, -0.15) is 0 Å². The van der Waals surface area contributed by atoms with Crippen LogP contribution in [0.1, 0.15) is 76.7 Å². The molecule has 5 heteroatoms. The fourth-order valence-corrected chi connectivity index (χ4v) is 5.18. The minimum absolute atomic E-state index is 0.308. The highest BCUT2D eigenvalue weighted by atomic mass is 16.1. The quantitative estimate of drug-likeness (QED) is 0.547. The van der Waals surface area contributed by atoms with Crippen LogP contribution in [-0.2, 0) is 25.8 Å². The molecule has 0 saturated carbocycles. The summed E-state index contributed by atoms with van der Waals surface area (Å²) in [5.74, 6) is 0.103. The molecule has 4 rings (SSSR count). The monoisotopic (exact) mass is 442 g/mol. The second-order valence-electron chi connectivity index (χ2n) is 9.00. The molecule has 1 aliphatic rings. The Balaban J connectivity index is 1.74. The molecule has 33 heavy (non-hydrogen) atoms. The van der Waals surface area contributed by atoms with Crippen molar-refractivity contribution in [1.82, 2.24) is 14.9 Å². The zero-order valence-electron chi connectivity index (χ0n) is 20.2. The molecule has 1 heterocycles. The maximum absolute atomic E-state index is 12.5. The summed E-state index contributed by atoms with van der Waals surface area (Å²) in [5.41, 5.74) is 14.0. The standard InChI is InChI=1S/C28H34N4O/c1-5-19-12-9-13-20(6-2)25(19)28-30-18(3)23(26(31-28)27(29)33)17-32(4)24-16-10-14-21-11-7-8-15-22(21)24/h7-9,11-13,15,24H,5-6,10,14,16-17H2,1-4H3,(H2,29,33). The van der Waals surface area contributed by atoms with Crippen molar-refractivity contribution in [3.8, 4) is 11.4 Å². The van der Waals surface area contributed by atoms with Crippen LogP contribution in [-0.4, -0.2) is 27.8 Å². The summed E-state index contributed by atoms with van der Waals surface area (Å²) in [7, 11) is 2.12. The van der Waals surface area contributed by atoms with Crippen LogP contribution in [0.25, 0.3) is 11.4 Å². The average Bonchev–Trinajstić information content (AvgIpc) is 2.83. The molecule has 1 amide bonds. The summed E-state index contributed by atoms with van der Waals surface area (Å²) in [5, 5.41) is 0. The van der Waals surface area contributed by atoms with Crippen molar-refractivity contribution in [2.24, 2.45) is 5.73 Å². The lowest BCUT2D eigenvalue weighted by Crippen LogP contribution is -2.30. The van der Waals surface area contributed by atoms with Gasteiger partial charge in [-0.1, -0.05) is 56.3 Å². The van der Waals surface area contributed by atoms with Crippen LogP contribution in [0.15, 0.2) is 42.5 Å². The molecule has 172 valence electrons. The van der Waals surface area contributed by atoms with Gasteiger partial charge in [-0.05, 0) is 68.3 Å². The molecule has 1 aromatic heterocycles. The van der Waals surface area contributed by atoms with Gasteiger partial charge in [0.25, 0.3) is 5.91 Å². The SMILES string of the molecule is CCc1cccc(CC)c1-c1nc(C)c(CN(C)C2CCCc3ccccc32)c(C(N)=O)n1. The lowest BCUT2D eigenvalue weighted by atomic mass is 9.87. The molecule has 0 radical (unpaired) electrons. The van der Waals surface area contributed by atoms with Gasteiger partial charge in [0.15, 0.2) is 5.82 Å². The number of hydrogen-bond acceptors (Lipinski definition) is 4. The molecule has 0 bridgehead atoms. The van der Waals surface area contributed by atoms with Crippen LogP contribution in [0.2, 0.25) is 0 Å². The van der Waals surface area contributed by atoms with E-state index in [1.807, 2.05) is 6.92 Å². The van der Waals surface area contributed by atoms with Gasteiger partial charge in [0, 0.05) is 29.4 Å². The van der Waals surface area contributed by atoms with Crippen molar-refractivity contribution in [2.75, 3.05) is 7.05 Å². The number of aromatic nitrogens is 2. The molecule has 1 aliphatic carbocycles. The zero-order chi connectivity index (χ0) is 23.5. The number of carbonyl (C=O) groups excluding carboxylic acids is 1. The maximum Gasteiger partial charge on any atom is 0.267 e. The van der Waals surface area contributed by atoms with Crippen molar-refractivity contribution in [1.29, 1.82) is 0 Å². The number of primary amides is 1. The third-order valence-electron chi connectivity index (χ3n) is 6.95. The lowest BCUT2D eigenvalue weighted by molar-refractivity contribution is 0.0992. The molecule has 5 nitrogen and oxygen atoms in total. The van der Waals surface area contributed by atoms with Crippen LogP contribution >= 0.6 is 0 Å². The number of rotatable bonds is 7. The normalized spacial score (nSPS) is 15.5. The number of fused-ring (bicyclic) bond motifs is 1. The Morgan fingerprint density at radius 2 is 1.76 bits per heavy atom. The molecule has 0 fully saturated rings. The van der Waals surface area contributed by atoms with E-state index in [0.29, 0.717) is 24.1 Å². The Morgan fingerprint density at radius 3 is 2.42 bits per heavy atom. The molecule has 1 unspecified atom stereocenters. The minimum atomic E-state index is -0.499. The van der Waals surface area contributed by atoms with Crippen molar-refractivity contribution < 1.29 is 4.79 Å². The van der Waals surface area contributed by atoms with Gasteiger partial charge >= 0.3 is 0 Å². The number of aryl methyl sites for hydroxylation is 4. The van der Waals surface area contributed by atoms with Gasteiger partial charge in [-0.25, -0.2) is 9.97 Å². The number of nitrogens with zero attached hydrogens (tertiary/aromatic N) is 3. The predicted octanol–water partition coefficient (Wildman–Crippen LogP) is 5.19. The van der Waals surface area contributed by atoms with Crippen molar-refractivity contribution in [2.45, 2.75) is 65.5 Å². The van der Waals surface area contributed by atoms with Crippen molar-refractivity contribution >= 4 is 5.91 Å². The van der Waals surface area contributed by atoms with Gasteiger partial charge in [0.2, 0.25) is 0 Å². The van der Waals surface area contributed by atoms with Gasteiger partial charge in [-0.3, -0.25) is 9.69 Å². The summed E-state index contributed by atoms with van der Waals surface area (Å²) in [6.45, 7) is 6.81. The lowest BCUT2D eigenvalue weighted by Gasteiger charge is -2.33. The third-order valence-corrected chi connectivity index (χ3v) is 6.95. The highest BCUT2D eigenvalue weighted by Crippen LogP contribution is 2.35. The van der Waals surface area contributed by atoms with Gasteiger partial charge in [-0.15, -0.1) is 0 Å². The molecule has 2 aromatic carbocycles. The summed E-state index contributed by atoms with van der Waals surface area (Å²) in [6, 6.07) is 15.3. The summed E-state index contributed by atoms with van der Waals surface area (Å²) >= 11 is 0. The molecule has 0 aliphatic heterocycles. The van der Waals surface area contributed by atoms with Crippen LogP contribution in [0.4, 0.5) is 0 Å². The topological polar surface area (TPSA) is 72.1 Å². The molecule has 1 atom stereocenters. The first-order chi connectivity index (χ1) is 15.9. The Labute approximate surface area is 197 Å². The summed E-state index contributed by atoms with van der Waals surface area (Å²) in [6.07, 6.45) is 5.14. The van der Waals surface area contributed by atoms with Crippen LogP contribution in [0, 0.1) is 6.92 Å². The Morgan fingerprint density at radius 1 is 1.06 bits per heavy atom. The van der Waals surface area contributed by atoms with Crippen LogP contribution in [0.3, 0.4) is 0 Å². The fraction of sp³-hybridized carbons (Fsp3) is 0.393. The van der Waals surface area contributed by atoms with E-state index in [1.165, 1.54) is 22.3 Å². The van der Waals surface area contributed by atoms with Crippen molar-refractivity contribution in [3.05, 3.63) is 81.7 Å². The first kappa shape index (κ1) is 23.1. The van der Waals surface area contributed by atoms with E-state index in [-0.39, 0.29) is 0 Å². The highest BCUT2D eigenvalue weighted by Gasteiger charge is 2.26. The van der Waals surface area contributed by atoms with Crippen LogP contribution < -0.4 is 5.73 Å². The van der Waals surface area contributed by atoms with E-state index >= 15 is 0 Å². The Kier molecular flexibility index (Phi) is 6.89. The van der Waals surface area contributed by atoms with Gasteiger partial charge < -0.3 is 5.73 Å².